The highest BCUT2D eigenvalue weighted by atomic mass is 28.5. The van der Waals surface area contributed by atoms with Crippen LogP contribution < -0.4 is 43.3 Å². The Kier molecular flexibility index (Phi) is 10.2. The van der Waals surface area contributed by atoms with Crippen molar-refractivity contribution in [1.82, 2.24) is 4.65 Å². The molecule has 269 valence electrons. The van der Waals surface area contributed by atoms with Crippen molar-refractivity contribution in [1.29, 1.82) is 0 Å². The van der Waals surface area contributed by atoms with Crippen LogP contribution in [-0.2, 0) is 0 Å². The molecule has 8 aromatic carbocycles. The molecule has 0 spiro atoms. The molecular weight excluding hydrogens is 745 g/mol. The van der Waals surface area contributed by atoms with E-state index in [9.17, 15) is 0 Å². The van der Waals surface area contributed by atoms with Gasteiger partial charge in [-0.2, -0.15) is 0 Å². The number of rotatable bonds is 8. The molecule has 4 nitrogen and oxygen atoms in total. The fourth-order valence-corrected chi connectivity index (χ4v) is 29.7. The van der Waals surface area contributed by atoms with Gasteiger partial charge in [-0.25, -0.2) is 0 Å². The first-order valence-corrected chi connectivity index (χ1v) is 25.2. The van der Waals surface area contributed by atoms with Crippen LogP contribution in [0.2, 0.25) is 0 Å². The van der Waals surface area contributed by atoms with E-state index in [1.54, 1.807) is 0 Å². The van der Waals surface area contributed by atoms with Gasteiger partial charge in [0.1, 0.15) is 0 Å². The summed E-state index contributed by atoms with van der Waals surface area (Å²) in [5.41, 5.74) is 3.61. The number of anilines is 3. The average molecular weight is 786 g/mol. The highest BCUT2D eigenvalue weighted by Crippen LogP contribution is 2.38. The third-order valence-corrected chi connectivity index (χ3v) is 27.1. The van der Waals surface area contributed by atoms with Crippen LogP contribution in [0.4, 0.5) is 17.1 Å². The van der Waals surface area contributed by atoms with Crippen molar-refractivity contribution in [2.45, 2.75) is 0 Å². The van der Waals surface area contributed by atoms with Gasteiger partial charge >= 0.3 is 16.8 Å². The number of nitrogens with one attached hydrogen (secondary N) is 1. The van der Waals surface area contributed by atoms with Crippen molar-refractivity contribution in [2.75, 3.05) is 12.7 Å². The van der Waals surface area contributed by atoms with Gasteiger partial charge in [0.2, 0.25) is 0 Å². The fourth-order valence-electron chi connectivity index (χ4n) is 8.36. The lowest BCUT2D eigenvalue weighted by molar-refractivity contribution is 1.24. The molecule has 8 aromatic rings. The van der Waals surface area contributed by atoms with E-state index >= 15 is 0 Å². The van der Waals surface area contributed by atoms with Crippen LogP contribution >= 0.6 is 0 Å². The maximum atomic E-state index is 4.42. The molecule has 1 aliphatic rings. The molecule has 56 heavy (non-hydrogen) atoms. The summed E-state index contributed by atoms with van der Waals surface area (Å²) in [5, 5.41) is 6.59. The second kappa shape index (κ2) is 16.0. The molecule has 1 saturated heterocycles. The van der Waals surface area contributed by atoms with Gasteiger partial charge in [-0.05, 0) is 62.3 Å². The first-order chi connectivity index (χ1) is 27.8. The normalized spacial score (nSPS) is 15.5. The van der Waals surface area contributed by atoms with Crippen LogP contribution in [-0.4, -0.2) is 35.8 Å². The Morgan fingerprint density at radius 3 is 1.07 bits per heavy atom. The lowest BCUT2D eigenvalue weighted by atomic mass is 10.3. The number of nitrogens with zero attached hydrogens (tertiary/aromatic N) is 3. The van der Waals surface area contributed by atoms with Crippen LogP contribution in [0.25, 0.3) is 0 Å². The van der Waals surface area contributed by atoms with Crippen molar-refractivity contribution < 1.29 is 0 Å². The molecule has 1 fully saturated rings. The Bertz CT molecular complexity index is 2350. The Labute approximate surface area is 337 Å². The molecule has 1 N–H and O–H groups in total. The standard InChI is InChI=1S/C48H41N4Si4/c1-9-25-41(26-10-1)50-53-49-54(44-31-15-4-16-32-44)51(42-27-11-2-12-28-42)56(47-37-21-7-22-38-47,48-39-23-8-24-40-48)52(43-29-13-3-14-30-43)55(50,45-33-17-5-18-34-45)46-35-19-6-20-36-46/h1-40,49H. The minimum atomic E-state index is -3.51. The van der Waals surface area contributed by atoms with E-state index in [0.717, 1.165) is 0 Å². The zero-order valence-corrected chi connectivity index (χ0v) is 34.9. The van der Waals surface area contributed by atoms with Crippen LogP contribution in [0.3, 0.4) is 0 Å². The topological polar surface area (TPSA) is 21.8 Å². The van der Waals surface area contributed by atoms with Crippen LogP contribution in [0.1, 0.15) is 0 Å². The van der Waals surface area contributed by atoms with Crippen molar-refractivity contribution in [3.63, 3.8) is 0 Å². The third-order valence-electron chi connectivity index (χ3n) is 10.6. The second-order valence-corrected chi connectivity index (χ2v) is 25.3. The lowest BCUT2D eigenvalue weighted by Crippen LogP contribution is -2.98. The van der Waals surface area contributed by atoms with Gasteiger partial charge < -0.3 is 17.3 Å². The zero-order chi connectivity index (χ0) is 37.6. The lowest BCUT2D eigenvalue weighted by Gasteiger charge is -2.63. The van der Waals surface area contributed by atoms with Crippen molar-refractivity contribution in [3.8, 4) is 0 Å². The molecular formula is C48H41N4Si4. The van der Waals surface area contributed by atoms with Gasteiger partial charge in [-0.1, -0.05) is 206 Å². The Balaban J connectivity index is 1.57. The summed E-state index contributed by atoms with van der Waals surface area (Å²) in [6.45, 7) is 0. The van der Waals surface area contributed by atoms with E-state index < -0.39 is 25.9 Å². The fraction of sp³-hybridized carbons (Fsp3) is 0. The van der Waals surface area contributed by atoms with Gasteiger partial charge in [0.05, 0.1) is 0 Å². The van der Waals surface area contributed by atoms with Crippen molar-refractivity contribution >= 4 is 78.8 Å². The summed E-state index contributed by atoms with van der Waals surface area (Å²) in [7, 11) is -8.44. The third kappa shape index (κ3) is 6.17. The predicted octanol–water partition coefficient (Wildman–Crippen LogP) is 6.55. The number of hydrogen-bond donors (Lipinski definition) is 1. The molecule has 0 bridgehead atoms. The summed E-state index contributed by atoms with van der Waals surface area (Å²) in [5.74, 6) is 0. The Morgan fingerprint density at radius 2 is 0.661 bits per heavy atom. The maximum absolute atomic E-state index is 4.42. The molecule has 0 atom stereocenters. The van der Waals surface area contributed by atoms with E-state index in [1.807, 2.05) is 0 Å². The maximum Gasteiger partial charge on any atom is 0.317 e. The average Bonchev–Trinajstić information content (AvgIpc) is 3.29. The first-order valence-electron chi connectivity index (χ1n) is 19.0. The van der Waals surface area contributed by atoms with Crippen LogP contribution in [0.15, 0.2) is 243 Å². The van der Waals surface area contributed by atoms with E-state index in [0.29, 0.717) is 0 Å². The van der Waals surface area contributed by atoms with Crippen molar-refractivity contribution in [2.24, 2.45) is 0 Å². The summed E-state index contributed by atoms with van der Waals surface area (Å²) in [6.07, 6.45) is 0. The van der Waals surface area contributed by atoms with E-state index in [1.165, 1.54) is 43.0 Å². The van der Waals surface area contributed by atoms with Gasteiger partial charge in [0.25, 0.3) is 19.0 Å². The largest absolute Gasteiger partial charge is 0.390 e. The van der Waals surface area contributed by atoms with E-state index in [-0.39, 0.29) is 9.84 Å². The molecule has 3 radical (unpaired) electrons. The summed E-state index contributed by atoms with van der Waals surface area (Å²) >= 11 is 0. The zero-order valence-electron chi connectivity index (χ0n) is 30.9. The molecule has 0 amide bonds. The second-order valence-electron chi connectivity index (χ2n) is 13.8. The molecule has 1 heterocycles. The Morgan fingerprint density at radius 1 is 0.339 bits per heavy atom. The molecule has 8 heteroatoms. The quantitative estimate of drug-likeness (QED) is 0.177. The Hall–Kier alpha value is -6.01. The number of benzene rings is 8. The van der Waals surface area contributed by atoms with Gasteiger partial charge in [0, 0.05) is 17.1 Å². The van der Waals surface area contributed by atoms with Gasteiger partial charge in [0.15, 0.2) is 0 Å². The summed E-state index contributed by atoms with van der Waals surface area (Å²) in [6, 6.07) is 90.6. The highest BCUT2D eigenvalue weighted by Gasteiger charge is 2.65. The monoisotopic (exact) mass is 785 g/mol. The van der Waals surface area contributed by atoms with Gasteiger partial charge in [-0.15, -0.1) is 0 Å². The highest BCUT2D eigenvalue weighted by molar-refractivity contribution is 7.28. The van der Waals surface area contributed by atoms with E-state index in [4.69, 9.17) is 0 Å². The van der Waals surface area contributed by atoms with Crippen LogP contribution in [0, 0.1) is 0 Å². The molecule has 9 rings (SSSR count). The SMILES string of the molecule is c1ccc(N2[Si]N[Si](c3ccccc3)N(c3ccccc3)[Si](c3ccccc3)(c3ccccc3)N(c3ccccc3)[Si]2(c2ccccc2)c2ccccc2)cc1. The minimum Gasteiger partial charge on any atom is -0.390 e. The molecule has 0 aliphatic carbocycles. The van der Waals surface area contributed by atoms with Crippen LogP contribution in [0.5, 0.6) is 0 Å². The van der Waals surface area contributed by atoms with E-state index in [2.05, 4.69) is 260 Å². The summed E-state index contributed by atoms with van der Waals surface area (Å²) in [4.78, 5) is 0. The minimum absolute atomic E-state index is 0.249. The smallest absolute Gasteiger partial charge is 0.317 e. The van der Waals surface area contributed by atoms with Gasteiger partial charge in [-0.3, -0.25) is 0 Å². The molecule has 0 aromatic heterocycles. The molecule has 0 saturated carbocycles. The predicted molar refractivity (Wildman–Crippen MR) is 243 cm³/mol. The first kappa shape index (κ1) is 35.7. The van der Waals surface area contributed by atoms with Crippen molar-refractivity contribution in [3.05, 3.63) is 243 Å². The molecule has 0 unspecified atom stereocenters. The summed E-state index contributed by atoms with van der Waals surface area (Å²) < 4.78 is 13.2. The molecule has 1 aliphatic heterocycles. The number of para-hydroxylation sites is 3. The number of hydrogen-bond acceptors (Lipinski definition) is 4.